The number of methoxy groups -OCH3 is 1. The second-order valence-electron chi connectivity index (χ2n) is 6.92. The number of nitrogens with zero attached hydrogens (tertiary/aromatic N) is 1. The first-order valence-corrected chi connectivity index (χ1v) is 10.4. The Morgan fingerprint density at radius 2 is 1.97 bits per heavy atom. The van der Waals surface area contributed by atoms with Gasteiger partial charge in [-0.3, -0.25) is 0 Å². The fourth-order valence-electron chi connectivity index (χ4n) is 2.95. The van der Waals surface area contributed by atoms with Gasteiger partial charge in [-0.15, -0.1) is 0 Å². The maximum Gasteiger partial charge on any atom is 0.422 e. The van der Waals surface area contributed by atoms with Crippen molar-refractivity contribution in [1.29, 1.82) is 0 Å². The predicted molar refractivity (Wildman–Crippen MR) is 130 cm³/mol. The van der Waals surface area contributed by atoms with E-state index >= 15 is 0 Å². The Kier molecular flexibility index (Phi) is 10.6. The topological polar surface area (TPSA) is 120 Å². The number of nitrogens with two attached hydrogens (primary N) is 2. The van der Waals surface area contributed by atoms with Crippen molar-refractivity contribution in [3.8, 4) is 5.75 Å². The van der Waals surface area contributed by atoms with Crippen molar-refractivity contribution in [3.63, 3.8) is 0 Å². The number of allylic oxidation sites excluding steroid dienone is 2. The van der Waals surface area contributed by atoms with Crippen LogP contribution in [0.2, 0.25) is 5.02 Å². The summed E-state index contributed by atoms with van der Waals surface area (Å²) in [6.45, 7) is 8.06. The molecule has 0 aromatic heterocycles. The second-order valence-corrected chi connectivity index (χ2v) is 7.77. The van der Waals surface area contributed by atoms with Crippen molar-refractivity contribution >= 4 is 35.4 Å². The van der Waals surface area contributed by atoms with E-state index in [1.165, 1.54) is 18.2 Å². The highest BCUT2D eigenvalue weighted by Gasteiger charge is 2.59. The average molecular weight is 534 g/mol. The molecule has 0 heterocycles. The summed E-state index contributed by atoms with van der Waals surface area (Å²) >= 11 is 11.8. The van der Waals surface area contributed by atoms with Gasteiger partial charge < -0.3 is 26.0 Å². The van der Waals surface area contributed by atoms with E-state index < -0.39 is 34.4 Å². The van der Waals surface area contributed by atoms with Gasteiger partial charge in [0.2, 0.25) is 5.88 Å². The summed E-state index contributed by atoms with van der Waals surface area (Å²) in [4.78, 5) is 15.3. The third-order valence-corrected chi connectivity index (χ3v) is 5.15. The SMILES string of the molecule is C=C/C=C(\C=C(/N)Cl)C(O)(C(C)c1ccc(OC(=C)/N=C\C(=C/N)C(=O)OC)cc1Cl)C(F)(F)F. The van der Waals surface area contributed by atoms with Crippen LogP contribution in [0.3, 0.4) is 0 Å². The zero-order valence-electron chi connectivity index (χ0n) is 18.8. The fraction of sp³-hybridized carbons (Fsp3) is 0.217. The van der Waals surface area contributed by atoms with Crippen LogP contribution in [0, 0.1) is 0 Å². The number of halogens is 5. The summed E-state index contributed by atoms with van der Waals surface area (Å²) in [6, 6.07) is 3.76. The van der Waals surface area contributed by atoms with Crippen LogP contribution >= 0.6 is 23.2 Å². The van der Waals surface area contributed by atoms with Crippen molar-refractivity contribution in [2.24, 2.45) is 16.5 Å². The Hall–Kier alpha value is -3.21. The lowest BCUT2D eigenvalue weighted by Gasteiger charge is -2.37. The molecule has 2 atom stereocenters. The molecule has 0 amide bonds. The van der Waals surface area contributed by atoms with E-state index in [1.807, 2.05) is 0 Å². The molecule has 0 aliphatic carbocycles. The number of hydrogen-bond donors (Lipinski definition) is 3. The number of carbonyl (C=O) groups excluding carboxylic acids is 1. The molecule has 0 spiro atoms. The Morgan fingerprint density at radius 3 is 2.43 bits per heavy atom. The van der Waals surface area contributed by atoms with Crippen LogP contribution in [0.15, 0.2) is 83.0 Å². The maximum atomic E-state index is 14.1. The third-order valence-electron chi connectivity index (χ3n) is 4.71. The lowest BCUT2D eigenvalue weighted by molar-refractivity contribution is -0.250. The van der Waals surface area contributed by atoms with Gasteiger partial charge in [-0.25, -0.2) is 9.79 Å². The Bertz CT molecular complexity index is 1090. The van der Waals surface area contributed by atoms with E-state index in [-0.39, 0.29) is 27.8 Å². The van der Waals surface area contributed by atoms with Crippen LogP contribution in [0.25, 0.3) is 0 Å². The first kappa shape index (κ1) is 29.8. The summed E-state index contributed by atoms with van der Waals surface area (Å²) < 4.78 is 52.3. The number of carbonyl (C=O) groups is 1. The van der Waals surface area contributed by atoms with Crippen LogP contribution in [-0.2, 0) is 9.53 Å². The molecule has 2 unspecified atom stereocenters. The first-order valence-electron chi connectivity index (χ1n) is 9.68. The number of alkyl halides is 3. The smallest absolute Gasteiger partial charge is 0.422 e. The number of aliphatic hydroxyl groups is 1. The first-order chi connectivity index (χ1) is 16.2. The molecular weight excluding hydrogens is 510 g/mol. The van der Waals surface area contributed by atoms with Crippen molar-refractivity contribution in [2.75, 3.05) is 7.11 Å². The quantitative estimate of drug-likeness (QED) is 0.0989. The highest BCUT2D eigenvalue weighted by atomic mass is 35.5. The third kappa shape index (κ3) is 7.38. The minimum absolute atomic E-state index is 0.0523. The lowest BCUT2D eigenvalue weighted by Crippen LogP contribution is -2.50. The molecule has 0 saturated heterocycles. The zero-order valence-corrected chi connectivity index (χ0v) is 20.3. The summed E-state index contributed by atoms with van der Waals surface area (Å²) in [6.07, 6.45) is -0.312. The minimum Gasteiger partial charge on any atom is -0.465 e. The van der Waals surface area contributed by atoms with Gasteiger partial charge in [0.15, 0.2) is 5.60 Å². The molecule has 5 N–H and O–H groups in total. The van der Waals surface area contributed by atoms with Crippen LogP contribution in [0.1, 0.15) is 18.4 Å². The Labute approximate surface area is 210 Å². The van der Waals surface area contributed by atoms with Crippen molar-refractivity contribution in [3.05, 3.63) is 88.6 Å². The molecule has 0 fully saturated rings. The Morgan fingerprint density at radius 1 is 1.34 bits per heavy atom. The van der Waals surface area contributed by atoms with Gasteiger partial charge in [0.25, 0.3) is 0 Å². The number of hydrogen-bond acceptors (Lipinski definition) is 7. The zero-order chi connectivity index (χ0) is 27.0. The van der Waals surface area contributed by atoms with Gasteiger partial charge in [-0.05, 0) is 35.9 Å². The summed E-state index contributed by atoms with van der Waals surface area (Å²) in [5, 5.41) is 10.3. The molecule has 0 aliphatic rings. The van der Waals surface area contributed by atoms with E-state index in [2.05, 4.69) is 22.9 Å². The van der Waals surface area contributed by atoms with E-state index in [4.69, 9.17) is 39.4 Å². The molecule has 35 heavy (non-hydrogen) atoms. The molecule has 7 nitrogen and oxygen atoms in total. The monoisotopic (exact) mass is 533 g/mol. The highest BCUT2D eigenvalue weighted by molar-refractivity contribution is 6.31. The number of aliphatic imine (C=N–C) groups is 1. The summed E-state index contributed by atoms with van der Waals surface area (Å²) in [5.74, 6) is -2.46. The van der Waals surface area contributed by atoms with Crippen LogP contribution in [-0.4, -0.2) is 36.2 Å². The van der Waals surface area contributed by atoms with Crippen molar-refractivity contribution in [1.82, 2.24) is 0 Å². The van der Waals surface area contributed by atoms with Crippen molar-refractivity contribution in [2.45, 2.75) is 24.6 Å². The summed E-state index contributed by atoms with van der Waals surface area (Å²) in [5.41, 5.74) is 6.50. The molecular formula is C23H24Cl2F3N3O4. The number of rotatable bonds is 10. The van der Waals surface area contributed by atoms with Crippen LogP contribution in [0.4, 0.5) is 13.2 Å². The van der Waals surface area contributed by atoms with E-state index in [1.54, 1.807) is 0 Å². The van der Waals surface area contributed by atoms with Crippen LogP contribution in [0.5, 0.6) is 5.75 Å². The molecule has 0 aliphatic heterocycles. The standard InChI is InChI=1S/C23H24Cl2F3N3O4/c1-5-6-16(9-20(25)30)22(33,23(26,27)28)13(2)18-8-7-17(10-19(18)24)35-14(3)31-12-15(11-29)21(32)34-4/h5-13,33H,1,3,29-30H2,2,4H3/b15-11+,16-6+,20-9-,31-12-. The minimum atomic E-state index is -5.14. The fourth-order valence-corrected chi connectivity index (χ4v) is 3.40. The molecule has 0 saturated carbocycles. The average Bonchev–Trinajstić information content (AvgIpc) is 2.77. The van der Waals surface area contributed by atoms with Gasteiger partial charge in [-0.2, -0.15) is 13.2 Å². The van der Waals surface area contributed by atoms with Gasteiger partial charge in [-0.1, -0.05) is 54.9 Å². The molecule has 12 heteroatoms. The largest absolute Gasteiger partial charge is 0.465 e. The number of esters is 1. The van der Waals surface area contributed by atoms with E-state index in [0.717, 1.165) is 44.7 Å². The normalized spacial score (nSPS) is 15.9. The lowest BCUT2D eigenvalue weighted by atomic mass is 9.77. The molecule has 1 aromatic rings. The van der Waals surface area contributed by atoms with Crippen molar-refractivity contribution < 1.29 is 32.5 Å². The van der Waals surface area contributed by atoms with E-state index in [9.17, 15) is 23.1 Å². The molecule has 0 radical (unpaired) electrons. The molecule has 1 aromatic carbocycles. The van der Waals surface area contributed by atoms with Gasteiger partial charge in [0.05, 0.1) is 17.8 Å². The Balaban J connectivity index is 3.33. The van der Waals surface area contributed by atoms with Crippen LogP contribution < -0.4 is 16.2 Å². The highest BCUT2D eigenvalue weighted by Crippen LogP contribution is 2.48. The number of ether oxygens (including phenoxy) is 2. The van der Waals surface area contributed by atoms with Gasteiger partial charge in [0, 0.05) is 23.4 Å². The second kappa shape index (κ2) is 12.5. The predicted octanol–water partition coefficient (Wildman–Crippen LogP) is 4.82. The molecule has 190 valence electrons. The summed E-state index contributed by atoms with van der Waals surface area (Å²) in [7, 11) is 1.16. The van der Waals surface area contributed by atoms with Gasteiger partial charge >= 0.3 is 12.1 Å². The van der Waals surface area contributed by atoms with E-state index in [0.29, 0.717) is 0 Å². The van der Waals surface area contributed by atoms with Gasteiger partial charge in [0.1, 0.15) is 5.75 Å². The molecule has 0 bridgehead atoms. The maximum absolute atomic E-state index is 14.1. The number of benzene rings is 1. The molecule has 1 rings (SSSR count).